The lowest BCUT2D eigenvalue weighted by Gasteiger charge is -2.10. The summed E-state index contributed by atoms with van der Waals surface area (Å²) in [6.45, 7) is 0.555. The molecular formula is C13H13ClFNOS. The molecule has 0 radical (unpaired) electrons. The van der Waals surface area contributed by atoms with Crippen LogP contribution in [-0.4, -0.2) is 17.7 Å². The Morgan fingerprint density at radius 3 is 2.78 bits per heavy atom. The van der Waals surface area contributed by atoms with E-state index in [2.05, 4.69) is 5.32 Å². The molecule has 1 amide bonds. The number of nitrogens with one attached hydrogen (secondary N) is 1. The molecule has 2 rings (SSSR count). The molecular weight excluding hydrogens is 273 g/mol. The summed E-state index contributed by atoms with van der Waals surface area (Å²) in [6, 6.07) is 6.30. The van der Waals surface area contributed by atoms with Gasteiger partial charge in [-0.3, -0.25) is 4.79 Å². The standard InChI is InChI=1S/C13H13ClFNOS/c14-12-6-5-11(18-12)13(17)16-8-7-9-1-3-10(15)4-2-9/h1-4,6,11H,5,7-8H2,(H,16,17). The van der Waals surface area contributed by atoms with Gasteiger partial charge in [-0.1, -0.05) is 29.8 Å². The number of halogens is 2. The zero-order valence-electron chi connectivity index (χ0n) is 9.66. The van der Waals surface area contributed by atoms with Crippen LogP contribution in [0.3, 0.4) is 0 Å². The molecule has 0 fully saturated rings. The van der Waals surface area contributed by atoms with Crippen molar-refractivity contribution in [3.05, 3.63) is 46.1 Å². The quantitative estimate of drug-likeness (QED) is 0.921. The minimum absolute atomic E-state index is 0.00834. The van der Waals surface area contributed by atoms with Gasteiger partial charge in [0.05, 0.1) is 9.61 Å². The van der Waals surface area contributed by atoms with Crippen LogP contribution >= 0.6 is 23.4 Å². The van der Waals surface area contributed by atoms with Crippen LogP contribution in [0, 0.1) is 5.82 Å². The van der Waals surface area contributed by atoms with Gasteiger partial charge in [0, 0.05) is 6.54 Å². The number of carbonyl (C=O) groups is 1. The van der Waals surface area contributed by atoms with Gasteiger partial charge in [-0.15, -0.1) is 11.8 Å². The Kier molecular flexibility index (Phi) is 4.66. The Bertz CT molecular complexity index is 461. The van der Waals surface area contributed by atoms with E-state index in [1.807, 2.05) is 6.08 Å². The van der Waals surface area contributed by atoms with E-state index in [-0.39, 0.29) is 17.0 Å². The predicted molar refractivity (Wildman–Crippen MR) is 73.0 cm³/mol. The van der Waals surface area contributed by atoms with Crippen LogP contribution in [-0.2, 0) is 11.2 Å². The van der Waals surface area contributed by atoms with Gasteiger partial charge in [0.1, 0.15) is 5.82 Å². The maximum Gasteiger partial charge on any atom is 0.233 e. The topological polar surface area (TPSA) is 29.1 Å². The number of benzene rings is 1. The van der Waals surface area contributed by atoms with Crippen molar-refractivity contribution >= 4 is 29.3 Å². The number of rotatable bonds is 4. The second-order valence-electron chi connectivity index (χ2n) is 4.02. The molecule has 1 aliphatic heterocycles. The second kappa shape index (κ2) is 6.25. The highest BCUT2D eigenvalue weighted by molar-refractivity contribution is 8.06. The highest BCUT2D eigenvalue weighted by Crippen LogP contribution is 2.34. The fourth-order valence-electron chi connectivity index (χ4n) is 1.69. The van der Waals surface area contributed by atoms with Crippen LogP contribution in [0.1, 0.15) is 12.0 Å². The van der Waals surface area contributed by atoms with Crippen LogP contribution in [0.5, 0.6) is 0 Å². The molecule has 0 aromatic heterocycles. The molecule has 0 aliphatic carbocycles. The maximum absolute atomic E-state index is 12.7. The van der Waals surface area contributed by atoms with Gasteiger partial charge in [0.25, 0.3) is 0 Å². The number of allylic oxidation sites excluding steroid dienone is 1. The number of carbonyl (C=O) groups excluding carboxylic acids is 1. The van der Waals surface area contributed by atoms with E-state index < -0.39 is 0 Å². The van der Waals surface area contributed by atoms with Crippen LogP contribution in [0.2, 0.25) is 0 Å². The summed E-state index contributed by atoms with van der Waals surface area (Å²) in [5.74, 6) is -0.236. The normalized spacial score (nSPS) is 18.6. The lowest BCUT2D eigenvalue weighted by Crippen LogP contribution is -2.32. The predicted octanol–water partition coefficient (Wildman–Crippen LogP) is 3.07. The molecule has 1 N–H and O–H groups in total. The Balaban J connectivity index is 1.72. The first-order chi connectivity index (χ1) is 8.65. The third-order valence-electron chi connectivity index (χ3n) is 2.67. The van der Waals surface area contributed by atoms with Crippen molar-refractivity contribution in [1.82, 2.24) is 5.32 Å². The number of amides is 1. The lowest BCUT2D eigenvalue weighted by molar-refractivity contribution is -0.120. The van der Waals surface area contributed by atoms with E-state index >= 15 is 0 Å². The summed E-state index contributed by atoms with van der Waals surface area (Å²) in [6.07, 6.45) is 3.24. The van der Waals surface area contributed by atoms with E-state index in [9.17, 15) is 9.18 Å². The molecule has 1 aliphatic rings. The van der Waals surface area contributed by atoms with Crippen molar-refractivity contribution in [2.24, 2.45) is 0 Å². The van der Waals surface area contributed by atoms with Crippen molar-refractivity contribution in [2.45, 2.75) is 18.1 Å². The van der Waals surface area contributed by atoms with E-state index in [0.29, 0.717) is 23.8 Å². The van der Waals surface area contributed by atoms with Crippen molar-refractivity contribution < 1.29 is 9.18 Å². The molecule has 1 unspecified atom stereocenters. The lowest BCUT2D eigenvalue weighted by atomic mass is 10.1. The third kappa shape index (κ3) is 3.75. The molecule has 2 nitrogen and oxygen atoms in total. The molecule has 0 bridgehead atoms. The summed E-state index contributed by atoms with van der Waals surface area (Å²) >= 11 is 7.19. The zero-order valence-corrected chi connectivity index (χ0v) is 11.2. The van der Waals surface area contributed by atoms with E-state index in [4.69, 9.17) is 11.6 Å². The van der Waals surface area contributed by atoms with Crippen LogP contribution < -0.4 is 5.32 Å². The van der Waals surface area contributed by atoms with E-state index in [1.165, 1.54) is 23.9 Å². The molecule has 5 heteroatoms. The zero-order chi connectivity index (χ0) is 13.0. The minimum atomic E-state index is -0.245. The fraction of sp³-hybridized carbons (Fsp3) is 0.308. The summed E-state index contributed by atoms with van der Waals surface area (Å²) in [5.41, 5.74) is 1.01. The first kappa shape index (κ1) is 13.4. The maximum atomic E-state index is 12.7. The molecule has 1 atom stereocenters. The van der Waals surface area contributed by atoms with Crippen LogP contribution in [0.25, 0.3) is 0 Å². The number of hydrogen-bond acceptors (Lipinski definition) is 2. The summed E-state index contributed by atoms with van der Waals surface area (Å²) in [4.78, 5) is 11.8. The first-order valence-electron chi connectivity index (χ1n) is 5.69. The molecule has 0 spiro atoms. The van der Waals surface area contributed by atoms with Gasteiger partial charge in [-0.05, 0) is 30.5 Å². The second-order valence-corrected chi connectivity index (χ2v) is 5.89. The Morgan fingerprint density at radius 2 is 2.17 bits per heavy atom. The van der Waals surface area contributed by atoms with Crippen molar-refractivity contribution in [1.29, 1.82) is 0 Å². The highest BCUT2D eigenvalue weighted by atomic mass is 35.5. The monoisotopic (exact) mass is 285 g/mol. The van der Waals surface area contributed by atoms with Gasteiger partial charge in [-0.2, -0.15) is 0 Å². The van der Waals surface area contributed by atoms with Gasteiger partial charge in [0.15, 0.2) is 0 Å². The molecule has 96 valence electrons. The van der Waals surface area contributed by atoms with Crippen LogP contribution in [0.15, 0.2) is 34.7 Å². The molecule has 1 heterocycles. The SMILES string of the molecule is O=C(NCCc1ccc(F)cc1)C1CC=C(Cl)S1. The average Bonchev–Trinajstić information content (AvgIpc) is 2.78. The average molecular weight is 286 g/mol. The Labute approximate surface area is 115 Å². The summed E-state index contributed by atoms with van der Waals surface area (Å²) in [7, 11) is 0. The molecule has 1 aromatic rings. The van der Waals surface area contributed by atoms with Crippen molar-refractivity contribution in [2.75, 3.05) is 6.54 Å². The molecule has 0 saturated heterocycles. The van der Waals surface area contributed by atoms with Gasteiger partial charge in [-0.25, -0.2) is 4.39 Å². The van der Waals surface area contributed by atoms with Gasteiger partial charge in [0.2, 0.25) is 5.91 Å². The van der Waals surface area contributed by atoms with Gasteiger partial charge >= 0.3 is 0 Å². The highest BCUT2D eigenvalue weighted by Gasteiger charge is 2.23. The van der Waals surface area contributed by atoms with Crippen molar-refractivity contribution in [3.63, 3.8) is 0 Å². The fourth-order valence-corrected chi connectivity index (χ4v) is 2.95. The summed E-state index contributed by atoms with van der Waals surface area (Å²) in [5, 5.41) is 2.76. The Morgan fingerprint density at radius 1 is 1.44 bits per heavy atom. The van der Waals surface area contributed by atoms with Crippen LogP contribution in [0.4, 0.5) is 4.39 Å². The smallest absolute Gasteiger partial charge is 0.233 e. The molecule has 1 aromatic carbocycles. The van der Waals surface area contributed by atoms with E-state index in [1.54, 1.807) is 12.1 Å². The number of hydrogen-bond donors (Lipinski definition) is 1. The molecule has 0 saturated carbocycles. The van der Waals surface area contributed by atoms with Gasteiger partial charge < -0.3 is 5.32 Å². The largest absolute Gasteiger partial charge is 0.355 e. The molecule has 18 heavy (non-hydrogen) atoms. The van der Waals surface area contributed by atoms with Crippen molar-refractivity contribution in [3.8, 4) is 0 Å². The Hall–Kier alpha value is -1.000. The van der Waals surface area contributed by atoms with E-state index in [0.717, 1.165) is 5.56 Å². The summed E-state index contributed by atoms with van der Waals surface area (Å²) < 4.78 is 13.4. The minimum Gasteiger partial charge on any atom is -0.355 e. The third-order valence-corrected chi connectivity index (χ3v) is 4.17. The number of thioether (sulfide) groups is 1. The first-order valence-corrected chi connectivity index (χ1v) is 6.95.